The quantitative estimate of drug-likeness (QED) is 0.673. The van der Waals surface area contributed by atoms with Crippen molar-refractivity contribution in [1.29, 1.82) is 0 Å². The van der Waals surface area contributed by atoms with Gasteiger partial charge >= 0.3 is 0 Å². The number of hydrogen-bond acceptors (Lipinski definition) is 2. The summed E-state index contributed by atoms with van der Waals surface area (Å²) in [6.07, 6.45) is 3.23. The molecule has 1 aliphatic rings. The normalized spacial score (nSPS) is 20.8. The maximum Gasteiger partial charge on any atom is 0.249 e. The van der Waals surface area contributed by atoms with Crippen molar-refractivity contribution < 1.29 is 9.90 Å². The Morgan fingerprint density at radius 2 is 2.23 bits per heavy atom. The zero-order valence-corrected chi connectivity index (χ0v) is 8.42. The summed E-state index contributed by atoms with van der Waals surface area (Å²) < 4.78 is 0. The first kappa shape index (κ1) is 10.5. The van der Waals surface area contributed by atoms with Gasteiger partial charge in [0.2, 0.25) is 5.91 Å². The predicted octanol–water partition coefficient (Wildman–Crippen LogP) is 1.06. The summed E-state index contributed by atoms with van der Waals surface area (Å²) in [4.78, 5) is 11.3. The molecule has 13 heavy (non-hydrogen) atoms. The number of carbonyl (C=O) groups is 1. The highest BCUT2D eigenvalue weighted by atomic mass is 16.3. The second kappa shape index (κ2) is 4.61. The van der Waals surface area contributed by atoms with Crippen LogP contribution in [0.15, 0.2) is 0 Å². The van der Waals surface area contributed by atoms with Crippen LogP contribution in [0.3, 0.4) is 0 Å². The van der Waals surface area contributed by atoms with Crippen molar-refractivity contribution in [3.8, 4) is 0 Å². The summed E-state index contributed by atoms with van der Waals surface area (Å²) in [6.45, 7) is 3.97. The van der Waals surface area contributed by atoms with Crippen LogP contribution >= 0.6 is 0 Å². The lowest BCUT2D eigenvalue weighted by Gasteiger charge is -2.17. The fourth-order valence-corrected chi connectivity index (χ4v) is 1.39. The first-order chi connectivity index (χ1) is 6.15. The molecule has 0 aromatic heterocycles. The molecule has 2 atom stereocenters. The molecule has 1 amide bonds. The van der Waals surface area contributed by atoms with Crippen molar-refractivity contribution in [3.63, 3.8) is 0 Å². The summed E-state index contributed by atoms with van der Waals surface area (Å²) in [5.74, 6) is -0.118. The third kappa shape index (κ3) is 3.35. The largest absolute Gasteiger partial charge is 0.383 e. The van der Waals surface area contributed by atoms with E-state index in [0.717, 1.165) is 25.7 Å². The Kier molecular flexibility index (Phi) is 3.72. The molecule has 76 valence electrons. The van der Waals surface area contributed by atoms with Crippen LogP contribution in [-0.2, 0) is 4.79 Å². The van der Waals surface area contributed by atoms with Gasteiger partial charge in [-0.3, -0.25) is 4.79 Å². The van der Waals surface area contributed by atoms with Crippen LogP contribution in [0.25, 0.3) is 0 Å². The van der Waals surface area contributed by atoms with Crippen molar-refractivity contribution in [2.24, 2.45) is 5.92 Å². The van der Waals surface area contributed by atoms with E-state index in [4.69, 9.17) is 0 Å². The Balaban J connectivity index is 2.26. The summed E-state index contributed by atoms with van der Waals surface area (Å²) in [5.41, 5.74) is 0. The first-order valence-corrected chi connectivity index (χ1v) is 5.13. The van der Waals surface area contributed by atoms with Gasteiger partial charge in [0.1, 0.15) is 6.10 Å². The third-order valence-electron chi connectivity index (χ3n) is 2.48. The van der Waals surface area contributed by atoms with Crippen molar-refractivity contribution in [3.05, 3.63) is 0 Å². The van der Waals surface area contributed by atoms with Crippen LogP contribution < -0.4 is 5.32 Å². The molecule has 3 nitrogen and oxygen atoms in total. The van der Waals surface area contributed by atoms with E-state index in [1.807, 2.05) is 6.92 Å². The average Bonchev–Trinajstić information content (AvgIpc) is 2.87. The average molecular weight is 185 g/mol. The molecule has 1 unspecified atom stereocenters. The lowest BCUT2D eigenvalue weighted by molar-refractivity contribution is -0.132. The Morgan fingerprint density at radius 3 is 2.69 bits per heavy atom. The Hall–Kier alpha value is -0.570. The van der Waals surface area contributed by atoms with Crippen molar-refractivity contribution in [2.45, 2.75) is 51.7 Å². The van der Waals surface area contributed by atoms with E-state index in [1.54, 1.807) is 0 Å². The van der Waals surface area contributed by atoms with Crippen LogP contribution in [0.4, 0.5) is 0 Å². The van der Waals surface area contributed by atoms with Crippen LogP contribution in [0.1, 0.15) is 39.5 Å². The van der Waals surface area contributed by atoms with E-state index < -0.39 is 6.10 Å². The van der Waals surface area contributed by atoms with Gasteiger partial charge in [-0.15, -0.1) is 0 Å². The maximum absolute atomic E-state index is 11.3. The van der Waals surface area contributed by atoms with E-state index in [9.17, 15) is 9.90 Å². The minimum absolute atomic E-state index is 0.0729. The second-order valence-electron chi connectivity index (χ2n) is 3.99. The molecule has 0 aromatic carbocycles. The van der Waals surface area contributed by atoms with E-state index >= 15 is 0 Å². The van der Waals surface area contributed by atoms with Crippen molar-refractivity contribution in [2.75, 3.05) is 0 Å². The number of rotatable bonds is 5. The molecular formula is C10H19NO2. The van der Waals surface area contributed by atoms with Crippen molar-refractivity contribution >= 4 is 5.91 Å². The standard InChI is InChI=1S/C10H19NO2/c1-3-4-7(2)9(12)10(13)11-8-5-6-8/h7-9,12H,3-6H2,1-2H3,(H,11,13)/t7-,9?/m0/s1. The van der Waals surface area contributed by atoms with Gasteiger partial charge in [0.15, 0.2) is 0 Å². The Bertz CT molecular complexity index is 178. The van der Waals surface area contributed by atoms with E-state index in [0.29, 0.717) is 6.04 Å². The van der Waals surface area contributed by atoms with Crippen LogP contribution in [0.5, 0.6) is 0 Å². The number of aliphatic hydroxyl groups excluding tert-OH is 1. The molecule has 3 heteroatoms. The van der Waals surface area contributed by atoms with Gasteiger partial charge in [0.25, 0.3) is 0 Å². The highest BCUT2D eigenvalue weighted by Gasteiger charge is 2.28. The molecule has 0 radical (unpaired) electrons. The molecule has 1 aliphatic carbocycles. The number of carbonyl (C=O) groups excluding carboxylic acids is 1. The molecule has 0 heterocycles. The van der Waals surface area contributed by atoms with Crippen molar-refractivity contribution in [1.82, 2.24) is 5.32 Å². The minimum atomic E-state index is -0.819. The predicted molar refractivity (Wildman–Crippen MR) is 51.2 cm³/mol. The number of hydrogen-bond donors (Lipinski definition) is 2. The van der Waals surface area contributed by atoms with E-state index in [1.165, 1.54) is 0 Å². The molecule has 1 rings (SSSR count). The van der Waals surface area contributed by atoms with Gasteiger partial charge in [0.05, 0.1) is 0 Å². The Labute approximate surface area is 79.5 Å². The highest BCUT2D eigenvalue weighted by molar-refractivity contribution is 5.81. The molecule has 0 bridgehead atoms. The van der Waals surface area contributed by atoms with Crippen LogP contribution in [0.2, 0.25) is 0 Å². The van der Waals surface area contributed by atoms with Crippen LogP contribution in [-0.4, -0.2) is 23.2 Å². The monoisotopic (exact) mass is 185 g/mol. The van der Waals surface area contributed by atoms with Gasteiger partial charge in [-0.1, -0.05) is 20.3 Å². The zero-order valence-electron chi connectivity index (χ0n) is 8.42. The fourth-order valence-electron chi connectivity index (χ4n) is 1.39. The van der Waals surface area contributed by atoms with E-state index in [-0.39, 0.29) is 11.8 Å². The van der Waals surface area contributed by atoms with E-state index in [2.05, 4.69) is 12.2 Å². The number of aliphatic hydroxyl groups is 1. The van der Waals surface area contributed by atoms with Gasteiger partial charge in [-0.2, -0.15) is 0 Å². The SMILES string of the molecule is CCC[C@H](C)C(O)C(=O)NC1CC1. The zero-order chi connectivity index (χ0) is 9.84. The van der Waals surface area contributed by atoms with Gasteiger partial charge in [0, 0.05) is 6.04 Å². The first-order valence-electron chi connectivity index (χ1n) is 5.13. The second-order valence-corrected chi connectivity index (χ2v) is 3.99. The fraction of sp³-hybridized carbons (Fsp3) is 0.900. The number of nitrogens with one attached hydrogen (secondary N) is 1. The molecule has 1 fully saturated rings. The molecule has 2 N–H and O–H groups in total. The highest BCUT2D eigenvalue weighted by Crippen LogP contribution is 2.19. The smallest absolute Gasteiger partial charge is 0.249 e. The van der Waals surface area contributed by atoms with Gasteiger partial charge < -0.3 is 10.4 Å². The summed E-state index contributed by atoms with van der Waals surface area (Å²) in [5, 5.41) is 12.4. The molecular weight excluding hydrogens is 166 g/mol. The lowest BCUT2D eigenvalue weighted by atomic mass is 9.99. The summed E-state index contributed by atoms with van der Waals surface area (Å²) >= 11 is 0. The maximum atomic E-state index is 11.3. The summed E-state index contributed by atoms with van der Waals surface area (Å²) in [6, 6.07) is 0.343. The number of amides is 1. The lowest BCUT2D eigenvalue weighted by Crippen LogP contribution is -2.39. The molecule has 1 saturated carbocycles. The van der Waals surface area contributed by atoms with Crippen LogP contribution in [0, 0.1) is 5.92 Å². The Morgan fingerprint density at radius 1 is 1.62 bits per heavy atom. The third-order valence-corrected chi connectivity index (χ3v) is 2.48. The van der Waals surface area contributed by atoms with Gasteiger partial charge in [-0.25, -0.2) is 0 Å². The molecule has 0 spiro atoms. The molecule has 0 aliphatic heterocycles. The molecule has 0 saturated heterocycles. The topological polar surface area (TPSA) is 49.3 Å². The van der Waals surface area contributed by atoms with Gasteiger partial charge in [-0.05, 0) is 25.2 Å². The summed E-state index contributed by atoms with van der Waals surface area (Å²) in [7, 11) is 0. The molecule has 0 aromatic rings. The minimum Gasteiger partial charge on any atom is -0.383 e.